The quantitative estimate of drug-likeness (QED) is 0.258. The minimum Gasteiger partial charge on any atom is -0.465 e. The van der Waals surface area contributed by atoms with E-state index in [1.807, 2.05) is 101 Å². The van der Waals surface area contributed by atoms with Crippen molar-refractivity contribution in [1.82, 2.24) is 24.1 Å². The monoisotopic (exact) mass is 691 g/mol. The van der Waals surface area contributed by atoms with Gasteiger partial charge in [0.15, 0.2) is 0 Å². The van der Waals surface area contributed by atoms with Gasteiger partial charge in [-0.25, -0.2) is 14.6 Å². The molecule has 2 fully saturated rings. The standard InChI is InChI=1S/C39H45N7O5/c1-38(2,3)33-25-44(19-20-45(33)36(48)49)35(47)30-13-11-28(21-31(30)42-15-17-43(18-16-42)37(50)51-39(4,5)6)29-12-14-34-41-23-32(46(34)24-29)27-9-7-26(22-40)8-10-27/h7-14,21,23-24,33H,15-20,25H2,1-6H3,(H,48,49). The molecule has 2 aromatic carbocycles. The normalized spacial score (nSPS) is 17.0. The molecule has 4 heterocycles. The Labute approximate surface area is 298 Å². The predicted molar refractivity (Wildman–Crippen MR) is 195 cm³/mol. The summed E-state index contributed by atoms with van der Waals surface area (Å²) in [7, 11) is 0. The lowest BCUT2D eigenvalue weighted by atomic mass is 9.84. The molecule has 0 saturated carbocycles. The molecule has 0 bridgehead atoms. The van der Waals surface area contributed by atoms with Gasteiger partial charge in [-0.15, -0.1) is 0 Å². The van der Waals surface area contributed by atoms with Crippen molar-refractivity contribution in [2.24, 2.45) is 5.41 Å². The van der Waals surface area contributed by atoms with Gasteiger partial charge in [-0.1, -0.05) is 39.0 Å². The molecule has 3 amide bonds. The fourth-order valence-electron chi connectivity index (χ4n) is 6.80. The van der Waals surface area contributed by atoms with Gasteiger partial charge in [0.1, 0.15) is 11.2 Å². The first kappa shape index (κ1) is 35.3. The largest absolute Gasteiger partial charge is 0.465 e. The molecule has 1 unspecified atom stereocenters. The smallest absolute Gasteiger partial charge is 0.410 e. The highest BCUT2D eigenvalue weighted by molar-refractivity contribution is 6.01. The molecule has 2 aliphatic rings. The van der Waals surface area contributed by atoms with Crippen LogP contribution in [0.2, 0.25) is 0 Å². The van der Waals surface area contributed by atoms with Crippen LogP contribution in [0.15, 0.2) is 67.0 Å². The number of carboxylic acid groups (broad SMARTS) is 1. The number of imidazole rings is 1. The van der Waals surface area contributed by atoms with Crippen LogP contribution in [0.3, 0.4) is 0 Å². The van der Waals surface area contributed by atoms with Crippen molar-refractivity contribution in [3.8, 4) is 28.5 Å². The number of carbonyl (C=O) groups is 3. The number of hydrogen-bond donors (Lipinski definition) is 1. The molecule has 1 atom stereocenters. The van der Waals surface area contributed by atoms with Gasteiger partial charge in [0.05, 0.1) is 40.8 Å². The van der Waals surface area contributed by atoms with Gasteiger partial charge in [-0.05, 0) is 73.7 Å². The van der Waals surface area contributed by atoms with Crippen LogP contribution in [0.5, 0.6) is 0 Å². The molecule has 6 rings (SSSR count). The molecule has 51 heavy (non-hydrogen) atoms. The Balaban J connectivity index is 1.35. The van der Waals surface area contributed by atoms with Gasteiger partial charge in [0, 0.05) is 57.6 Å². The van der Waals surface area contributed by atoms with Crippen LogP contribution >= 0.6 is 0 Å². The van der Waals surface area contributed by atoms with Crippen LogP contribution in [-0.4, -0.2) is 105 Å². The van der Waals surface area contributed by atoms with Gasteiger partial charge in [0.2, 0.25) is 0 Å². The van der Waals surface area contributed by atoms with Gasteiger partial charge in [0.25, 0.3) is 5.91 Å². The van der Waals surface area contributed by atoms with Crippen LogP contribution < -0.4 is 4.90 Å². The fraction of sp³-hybridized carbons (Fsp3) is 0.410. The molecule has 2 saturated heterocycles. The Bertz CT molecular complexity index is 1990. The Morgan fingerprint density at radius 2 is 1.49 bits per heavy atom. The number of piperazine rings is 2. The van der Waals surface area contributed by atoms with E-state index in [1.165, 1.54) is 4.90 Å². The highest BCUT2D eigenvalue weighted by Crippen LogP contribution is 2.34. The number of rotatable bonds is 4. The highest BCUT2D eigenvalue weighted by Gasteiger charge is 2.40. The summed E-state index contributed by atoms with van der Waals surface area (Å²) < 4.78 is 7.64. The number of aromatic nitrogens is 2. The SMILES string of the molecule is CC(C)(C)OC(=O)N1CCN(c2cc(-c3ccc4ncc(-c5ccc(C#N)cc5)n4c3)ccc2C(=O)N2CCN(C(=O)O)C(C(C)(C)C)C2)CC1. The van der Waals surface area contributed by atoms with Gasteiger partial charge in [-0.3, -0.25) is 9.20 Å². The number of nitrogens with zero attached hydrogens (tertiary/aromatic N) is 7. The molecule has 2 aromatic heterocycles. The van der Waals surface area contributed by atoms with Crippen molar-refractivity contribution >= 4 is 29.4 Å². The first-order valence-corrected chi connectivity index (χ1v) is 17.3. The third-order valence-corrected chi connectivity index (χ3v) is 9.56. The van der Waals surface area contributed by atoms with E-state index >= 15 is 0 Å². The number of fused-ring (bicyclic) bond motifs is 1. The van der Waals surface area contributed by atoms with E-state index in [2.05, 4.69) is 16.0 Å². The van der Waals surface area contributed by atoms with E-state index in [-0.39, 0.29) is 36.5 Å². The lowest BCUT2D eigenvalue weighted by Crippen LogP contribution is -2.60. The number of anilines is 1. The van der Waals surface area contributed by atoms with E-state index in [0.29, 0.717) is 43.9 Å². The number of ether oxygens (including phenoxy) is 1. The van der Waals surface area contributed by atoms with Gasteiger partial charge < -0.3 is 29.4 Å². The van der Waals surface area contributed by atoms with E-state index in [4.69, 9.17) is 4.74 Å². The maximum Gasteiger partial charge on any atom is 0.410 e. The molecule has 1 N–H and O–H groups in total. The predicted octanol–water partition coefficient (Wildman–Crippen LogP) is 6.45. The lowest BCUT2D eigenvalue weighted by Gasteiger charge is -2.46. The topological polar surface area (TPSA) is 135 Å². The number of benzene rings is 2. The summed E-state index contributed by atoms with van der Waals surface area (Å²) in [6.45, 7) is 14.2. The minimum absolute atomic E-state index is 0.154. The van der Waals surface area contributed by atoms with Crippen LogP contribution in [0.4, 0.5) is 15.3 Å². The summed E-state index contributed by atoms with van der Waals surface area (Å²) in [5.41, 5.74) is 5.31. The van der Waals surface area contributed by atoms with Crippen molar-refractivity contribution in [3.05, 3.63) is 78.1 Å². The number of carbonyl (C=O) groups excluding carboxylic acids is 2. The van der Waals surface area contributed by atoms with Crippen molar-refractivity contribution in [2.75, 3.05) is 50.7 Å². The molecule has 0 spiro atoms. The van der Waals surface area contributed by atoms with E-state index in [9.17, 15) is 24.8 Å². The zero-order chi connectivity index (χ0) is 36.7. The number of nitriles is 1. The first-order valence-electron chi connectivity index (χ1n) is 17.3. The van der Waals surface area contributed by atoms with Crippen LogP contribution in [0.25, 0.3) is 28.0 Å². The van der Waals surface area contributed by atoms with Crippen molar-refractivity contribution in [2.45, 2.75) is 53.2 Å². The Kier molecular flexibility index (Phi) is 9.42. The van der Waals surface area contributed by atoms with Gasteiger partial charge >= 0.3 is 12.2 Å². The average molecular weight is 692 g/mol. The molecule has 4 aromatic rings. The van der Waals surface area contributed by atoms with Crippen molar-refractivity contribution in [1.29, 1.82) is 5.26 Å². The molecule has 0 radical (unpaired) electrons. The number of amides is 3. The summed E-state index contributed by atoms with van der Waals surface area (Å²) >= 11 is 0. The second kappa shape index (κ2) is 13.6. The molecular formula is C39H45N7O5. The van der Waals surface area contributed by atoms with E-state index in [0.717, 1.165) is 33.7 Å². The van der Waals surface area contributed by atoms with Crippen molar-refractivity contribution in [3.63, 3.8) is 0 Å². The second-order valence-corrected chi connectivity index (χ2v) is 15.3. The van der Waals surface area contributed by atoms with E-state index in [1.54, 1.807) is 21.9 Å². The third kappa shape index (κ3) is 7.48. The first-order chi connectivity index (χ1) is 24.1. The van der Waals surface area contributed by atoms with Crippen LogP contribution in [0, 0.1) is 16.7 Å². The Morgan fingerprint density at radius 3 is 2.12 bits per heavy atom. The van der Waals surface area contributed by atoms with Crippen LogP contribution in [-0.2, 0) is 4.74 Å². The summed E-state index contributed by atoms with van der Waals surface area (Å²) in [5.74, 6) is -0.154. The summed E-state index contributed by atoms with van der Waals surface area (Å²) in [6, 6.07) is 19.0. The summed E-state index contributed by atoms with van der Waals surface area (Å²) in [6.07, 6.45) is 2.50. The highest BCUT2D eigenvalue weighted by atomic mass is 16.6. The Morgan fingerprint density at radius 1 is 0.843 bits per heavy atom. The second-order valence-electron chi connectivity index (χ2n) is 15.3. The molecular weight excluding hydrogens is 646 g/mol. The lowest BCUT2D eigenvalue weighted by molar-refractivity contribution is 0.0197. The van der Waals surface area contributed by atoms with E-state index < -0.39 is 11.7 Å². The average Bonchev–Trinajstić information content (AvgIpc) is 3.53. The molecule has 2 aliphatic heterocycles. The molecule has 0 aliphatic carbocycles. The minimum atomic E-state index is -0.980. The van der Waals surface area contributed by atoms with Crippen molar-refractivity contribution < 1.29 is 24.2 Å². The number of hydrogen-bond acceptors (Lipinski definition) is 7. The van der Waals surface area contributed by atoms with Gasteiger partial charge in [-0.2, -0.15) is 5.26 Å². The maximum absolute atomic E-state index is 14.4. The molecule has 266 valence electrons. The van der Waals surface area contributed by atoms with Crippen LogP contribution in [0.1, 0.15) is 57.5 Å². The maximum atomic E-state index is 14.4. The number of pyridine rings is 1. The third-order valence-electron chi connectivity index (χ3n) is 9.56. The molecule has 12 nitrogen and oxygen atoms in total. The molecule has 12 heteroatoms. The fourth-order valence-corrected chi connectivity index (χ4v) is 6.80. The summed E-state index contributed by atoms with van der Waals surface area (Å²) in [5, 5.41) is 19.2. The summed E-state index contributed by atoms with van der Waals surface area (Å²) in [4.78, 5) is 51.0. The Hall–Kier alpha value is -5.57. The zero-order valence-corrected chi connectivity index (χ0v) is 30.1. The zero-order valence-electron chi connectivity index (χ0n) is 30.1.